The minimum absolute atomic E-state index is 0. The van der Waals surface area contributed by atoms with Crippen LogP contribution in [0.5, 0.6) is 0 Å². The molecule has 474 valence electrons. The Hall–Kier alpha value is -7.78. The summed E-state index contributed by atoms with van der Waals surface area (Å²) in [4.78, 5) is 85.5. The second kappa shape index (κ2) is 33.7. The van der Waals surface area contributed by atoms with Gasteiger partial charge in [0.15, 0.2) is 5.82 Å². The van der Waals surface area contributed by atoms with Gasteiger partial charge in [-0.2, -0.15) is 29.9 Å². The molecule has 0 unspecified atom stereocenters. The van der Waals surface area contributed by atoms with Gasteiger partial charge >= 0.3 is 226 Å². The van der Waals surface area contributed by atoms with Gasteiger partial charge in [0.1, 0.15) is 18.9 Å². The zero-order valence-corrected chi connectivity index (χ0v) is 48.8. The molecule has 0 saturated carbocycles. The number of amides is 2. The zero-order chi connectivity index (χ0) is 62.8. The molecule has 0 spiro atoms. The van der Waals surface area contributed by atoms with E-state index in [1.54, 1.807) is 0 Å². The van der Waals surface area contributed by atoms with Crippen molar-refractivity contribution in [3.63, 3.8) is 0 Å². The Morgan fingerprint density at radius 3 is 1.54 bits per heavy atom. The number of rotatable bonds is 13. The van der Waals surface area contributed by atoms with Gasteiger partial charge in [0, 0.05) is 32.4 Å². The van der Waals surface area contributed by atoms with Crippen LogP contribution in [0.15, 0.2) is 32.9 Å². The van der Waals surface area contributed by atoms with Crippen molar-refractivity contribution in [3.05, 3.63) is 45.4 Å². The molecule has 5 saturated heterocycles. The van der Waals surface area contributed by atoms with Crippen molar-refractivity contribution < 1.29 is 73.5 Å². The molecule has 2 amide bonds. The molecular formula is C49H58B3BrClF6N19O10. The molecular weight excluding hydrogens is 1280 g/mol. The Balaban J connectivity index is 0.000000220. The normalized spacial score (nSPS) is 17.0. The maximum atomic E-state index is 13.5. The summed E-state index contributed by atoms with van der Waals surface area (Å²) in [7, 11) is 0.793. The van der Waals surface area contributed by atoms with Crippen LogP contribution in [-0.4, -0.2) is 197 Å². The van der Waals surface area contributed by atoms with Crippen molar-refractivity contribution in [1.82, 2.24) is 59.8 Å². The third-order valence-electron chi connectivity index (χ3n) is 12.6. The SMILES string of the molecule is C.C.C#COB=Nc1ncc(B2OC(C)(C)C(C)(C)O2)c(C(F)F)n1.C#COB=Nc1ncc(Br)c(C(F)F)n1.Nc1ncc(-c2nc(N3CCOCC3)nc(N3CCOCC3=O)n2)c(C(F)F)n1.O=C1COCCN1c1nc(Cl)nc(N2CCOCC2)n1. The van der Waals surface area contributed by atoms with E-state index < -0.39 is 54.7 Å². The number of morpholine rings is 4. The van der Waals surface area contributed by atoms with Crippen LogP contribution in [-0.2, 0) is 47.2 Å². The van der Waals surface area contributed by atoms with Crippen molar-refractivity contribution in [2.45, 2.75) is 73.0 Å². The second-order valence-corrected chi connectivity index (χ2v) is 19.9. The zero-order valence-electron chi connectivity index (χ0n) is 46.5. The van der Waals surface area contributed by atoms with Gasteiger partial charge in [-0.15, -0.1) is 0 Å². The Bertz CT molecular complexity index is 3350. The van der Waals surface area contributed by atoms with E-state index in [4.69, 9.17) is 58.4 Å². The first-order valence-electron chi connectivity index (χ1n) is 25.7. The summed E-state index contributed by atoms with van der Waals surface area (Å²) < 4.78 is 120. The number of hydrogen-bond donors (Lipinski definition) is 1. The number of carbonyl (C=O) groups is 2. The first-order chi connectivity index (χ1) is 41.6. The number of terminal acetylenes is 2. The molecule has 5 aliphatic heterocycles. The van der Waals surface area contributed by atoms with E-state index in [0.717, 1.165) is 20.7 Å². The molecule has 5 aliphatic rings. The van der Waals surface area contributed by atoms with E-state index in [-0.39, 0.29) is 109 Å². The third-order valence-corrected chi connectivity index (χ3v) is 13.4. The number of alkyl halides is 6. The summed E-state index contributed by atoms with van der Waals surface area (Å²) >= 11 is 8.84. The number of nitrogens with zero attached hydrogens (tertiary/aromatic N) is 18. The van der Waals surface area contributed by atoms with Gasteiger partial charge in [0.05, 0.1) is 58.3 Å². The predicted octanol–water partition coefficient (Wildman–Crippen LogP) is 5.02. The van der Waals surface area contributed by atoms with Crippen molar-refractivity contribution >= 4 is 108 Å². The van der Waals surface area contributed by atoms with E-state index in [0.29, 0.717) is 78.3 Å². The number of ether oxygens (including phenoxy) is 4. The van der Waals surface area contributed by atoms with E-state index in [2.05, 4.69) is 94.8 Å². The van der Waals surface area contributed by atoms with Crippen LogP contribution in [0.3, 0.4) is 0 Å². The predicted molar refractivity (Wildman–Crippen MR) is 314 cm³/mol. The molecule has 0 radical (unpaired) electrons. The molecule has 0 bridgehead atoms. The molecule has 0 atom stereocenters. The summed E-state index contributed by atoms with van der Waals surface area (Å²) in [5, 5.41) is 0.0794. The maximum Gasteiger partial charge on any atom is 0.281 e. The largest absolute Gasteiger partial charge is 0.378 e. The minimum atomic E-state index is -2.91. The van der Waals surface area contributed by atoms with E-state index in [1.165, 1.54) is 22.2 Å². The van der Waals surface area contributed by atoms with Crippen LogP contribution in [0.25, 0.3) is 11.4 Å². The molecule has 10 rings (SSSR count). The summed E-state index contributed by atoms with van der Waals surface area (Å²) in [6.45, 7) is 13.3. The van der Waals surface area contributed by atoms with Crippen LogP contribution in [0.4, 0.5) is 68.0 Å². The van der Waals surface area contributed by atoms with Crippen LogP contribution < -0.4 is 30.8 Å². The standard InChI is InChI=1S/C16H18F2N8O3.C13H15B2F2N3O3.C11H14ClN5O3.C7H3BBrF2N3O.2CH4/c17-12(18)11-9(7-20-14(19)21-11)13-22-15(25-1-4-28-5-2-25)24-16(23-13)26-3-6-29-8-10(26)27;1-6-21-14-20-11-18-7-8(9(19-11)10(16)17)15-22-12(2,3)13(4,5)23-15;12-9-13-10(16-1-4-19-5-2-16)15-11(14-9)17-3-6-20-7-8(17)18;1-2-15-8-14-7-12-3-4(9)5(13-7)6(10)11;;/h7,12H,1-6,8H2,(H2,19,20,21);1,7,10H,2-5H3;1-7H2;1,3,6H;2*1H4. The molecule has 29 nitrogen and oxygen atoms in total. The molecule has 0 aromatic carbocycles. The van der Waals surface area contributed by atoms with Gasteiger partial charge in [-0.3, -0.25) is 19.4 Å². The number of hydrogen-bond acceptors (Lipinski definition) is 27. The average Bonchev–Trinajstić information content (AvgIpc) is 2.72. The third kappa shape index (κ3) is 19.6. The number of nitrogen functional groups attached to an aromatic ring is 1. The van der Waals surface area contributed by atoms with Gasteiger partial charge in [0.2, 0.25) is 35.0 Å². The minimum Gasteiger partial charge on any atom is -0.378 e. The van der Waals surface area contributed by atoms with Crippen LogP contribution in [0.1, 0.15) is 78.9 Å². The Labute approximate surface area is 521 Å². The number of anilines is 5. The van der Waals surface area contributed by atoms with Crippen molar-refractivity contribution in [1.29, 1.82) is 0 Å². The van der Waals surface area contributed by atoms with Gasteiger partial charge < -0.3 is 34.5 Å². The fourth-order valence-electron chi connectivity index (χ4n) is 7.64. The number of nitrogens with two attached hydrogens (primary N) is 1. The Morgan fingerprint density at radius 1 is 0.618 bits per heavy atom. The topological polar surface area (TPSA) is 326 Å². The van der Waals surface area contributed by atoms with Gasteiger partial charge in [-0.25, -0.2) is 18.7 Å². The molecule has 5 aromatic rings. The van der Waals surface area contributed by atoms with Crippen molar-refractivity contribution in [3.8, 4) is 36.4 Å². The van der Waals surface area contributed by atoms with Crippen LogP contribution in [0.2, 0.25) is 5.28 Å². The quantitative estimate of drug-likeness (QED) is 0.0918. The molecule has 89 heavy (non-hydrogen) atoms. The van der Waals surface area contributed by atoms with E-state index in [1.807, 2.05) is 49.7 Å². The summed E-state index contributed by atoms with van der Waals surface area (Å²) in [6.07, 6.45) is 8.39. The molecule has 5 fully saturated rings. The molecule has 10 heterocycles. The van der Waals surface area contributed by atoms with Crippen LogP contribution in [0, 0.1) is 25.1 Å². The monoisotopic (exact) mass is 1330 g/mol. The van der Waals surface area contributed by atoms with E-state index >= 15 is 0 Å². The first-order valence-corrected chi connectivity index (χ1v) is 26.9. The van der Waals surface area contributed by atoms with Gasteiger partial charge in [-0.1, -0.05) is 14.9 Å². The number of halogens is 8. The van der Waals surface area contributed by atoms with Crippen molar-refractivity contribution in [2.24, 2.45) is 9.79 Å². The fourth-order valence-corrected chi connectivity index (χ4v) is 8.15. The fraction of sp³-hybridized carbons (Fsp3) is 0.510. The molecule has 2 N–H and O–H groups in total. The number of aromatic nitrogens is 12. The molecule has 0 aliphatic carbocycles. The maximum absolute atomic E-state index is 13.5. The summed E-state index contributed by atoms with van der Waals surface area (Å²) in [5.41, 5.74) is 2.60. The van der Waals surface area contributed by atoms with Crippen molar-refractivity contribution in [2.75, 3.05) is 117 Å². The number of carbonyl (C=O) groups excluding carboxylic acids is 2. The second-order valence-electron chi connectivity index (χ2n) is 18.7. The summed E-state index contributed by atoms with van der Waals surface area (Å²) in [5.74, 6) is -0.134. The smallest absolute Gasteiger partial charge is 0.281 e. The molecule has 5 aromatic heterocycles. The Kier molecular flexibility index (Phi) is 27.3. The molecule has 40 heteroatoms. The van der Waals surface area contributed by atoms with E-state index in [9.17, 15) is 35.9 Å². The first kappa shape index (κ1) is 72.0. The van der Waals surface area contributed by atoms with Gasteiger partial charge in [0.25, 0.3) is 18.2 Å². The van der Waals surface area contributed by atoms with Gasteiger partial charge in [-0.05, 0) is 11.6 Å². The van der Waals surface area contributed by atoms with Crippen LogP contribution >= 0.6 is 27.5 Å². The Morgan fingerprint density at radius 2 is 1.06 bits per heavy atom. The average molecular weight is 1330 g/mol. The summed E-state index contributed by atoms with van der Waals surface area (Å²) in [6, 6.07) is 0.